The number of Topliss-reactive ketones (excluding diaryl/α,β-unsaturated/α-hetero) is 1. The number of aryl methyl sites for hydroxylation is 1. The van der Waals surface area contributed by atoms with E-state index in [4.69, 9.17) is 9.47 Å². The molecule has 1 spiro atoms. The fourth-order valence-electron chi connectivity index (χ4n) is 5.05. The van der Waals surface area contributed by atoms with Crippen LogP contribution < -0.4 is 10.1 Å². The number of rotatable bonds is 5. The summed E-state index contributed by atoms with van der Waals surface area (Å²) in [5.74, 6) is -0.686. The Morgan fingerprint density at radius 2 is 1.81 bits per heavy atom. The number of urea groups is 1. The van der Waals surface area contributed by atoms with Crippen LogP contribution in [-0.2, 0) is 15.1 Å². The first-order valence-corrected chi connectivity index (χ1v) is 11.5. The zero-order valence-electron chi connectivity index (χ0n) is 20.2. The monoisotopic (exact) mass is 487 g/mol. The lowest BCUT2D eigenvalue weighted by atomic mass is 9.84. The molecular formula is C27H25N3O6. The van der Waals surface area contributed by atoms with E-state index in [1.807, 2.05) is 11.5 Å². The number of aromatic nitrogens is 1. The van der Waals surface area contributed by atoms with Crippen LogP contribution in [-0.4, -0.2) is 53.4 Å². The van der Waals surface area contributed by atoms with Gasteiger partial charge in [-0.2, -0.15) is 0 Å². The van der Waals surface area contributed by atoms with Gasteiger partial charge < -0.3 is 19.4 Å². The summed E-state index contributed by atoms with van der Waals surface area (Å²) in [6, 6.07) is 15.1. The normalized spacial score (nSPS) is 18.6. The Labute approximate surface area is 207 Å². The van der Waals surface area contributed by atoms with Gasteiger partial charge >= 0.3 is 12.0 Å². The molecule has 1 N–H and O–H groups in total. The molecule has 1 unspecified atom stereocenters. The van der Waals surface area contributed by atoms with Gasteiger partial charge in [0.15, 0.2) is 11.3 Å². The smallest absolute Gasteiger partial charge is 0.337 e. The number of ether oxygens (including phenoxy) is 2. The minimum Gasteiger partial charge on any atom is -0.493 e. The number of hydrogen-bond donors (Lipinski definition) is 1. The van der Waals surface area contributed by atoms with Gasteiger partial charge in [0.2, 0.25) is 0 Å². The van der Waals surface area contributed by atoms with E-state index >= 15 is 0 Å². The number of carbonyl (C=O) groups is 4. The van der Waals surface area contributed by atoms with Crippen molar-refractivity contribution >= 4 is 23.7 Å². The first kappa shape index (κ1) is 23.3. The number of hydrogen-bond acceptors (Lipinski definition) is 6. The summed E-state index contributed by atoms with van der Waals surface area (Å²) in [6.45, 7) is 3.57. The molecule has 3 heterocycles. The molecule has 36 heavy (non-hydrogen) atoms. The third kappa shape index (κ3) is 3.55. The summed E-state index contributed by atoms with van der Waals surface area (Å²) in [4.78, 5) is 52.5. The molecule has 3 amide bonds. The van der Waals surface area contributed by atoms with Crippen molar-refractivity contribution in [3.05, 3.63) is 82.7 Å². The van der Waals surface area contributed by atoms with Crippen molar-refractivity contribution < 1.29 is 28.7 Å². The van der Waals surface area contributed by atoms with Gasteiger partial charge in [0.25, 0.3) is 5.91 Å². The van der Waals surface area contributed by atoms with Crippen LogP contribution in [0.2, 0.25) is 0 Å². The molecule has 184 valence electrons. The molecule has 3 aromatic rings. The third-order valence-corrected chi connectivity index (χ3v) is 6.84. The standard InChI is InChI=1S/C27H25N3O6/c1-16-14-20(17(2)30(16)19-10-8-18(9-11-19)24(32)35-3)22(31)15-29-25(33)27(28-26(29)34)12-13-36-23-7-5-4-6-21(23)27/h4-11,14H,12-13,15H2,1-3H3,(H,28,34). The Balaban J connectivity index is 1.41. The predicted molar refractivity (Wildman–Crippen MR) is 129 cm³/mol. The number of ketones is 1. The molecule has 1 fully saturated rings. The van der Waals surface area contributed by atoms with Gasteiger partial charge in [-0.05, 0) is 50.2 Å². The first-order chi connectivity index (χ1) is 17.3. The average Bonchev–Trinajstić information content (AvgIpc) is 3.31. The summed E-state index contributed by atoms with van der Waals surface area (Å²) in [5.41, 5.74) is 2.43. The van der Waals surface area contributed by atoms with Crippen molar-refractivity contribution in [1.29, 1.82) is 0 Å². The number of carbonyl (C=O) groups excluding carboxylic acids is 4. The van der Waals surface area contributed by atoms with E-state index in [-0.39, 0.29) is 25.4 Å². The van der Waals surface area contributed by atoms with E-state index in [0.29, 0.717) is 28.1 Å². The van der Waals surface area contributed by atoms with E-state index < -0.39 is 23.4 Å². The van der Waals surface area contributed by atoms with Crippen LogP contribution in [0.25, 0.3) is 5.69 Å². The third-order valence-electron chi connectivity index (χ3n) is 6.84. The largest absolute Gasteiger partial charge is 0.493 e. The average molecular weight is 488 g/mol. The fraction of sp³-hybridized carbons (Fsp3) is 0.259. The first-order valence-electron chi connectivity index (χ1n) is 11.5. The lowest BCUT2D eigenvalue weighted by Crippen LogP contribution is -2.47. The minimum atomic E-state index is -1.23. The summed E-state index contributed by atoms with van der Waals surface area (Å²) in [5, 5.41) is 2.82. The molecule has 0 radical (unpaired) electrons. The van der Waals surface area contributed by atoms with Crippen LogP contribution in [0.3, 0.4) is 0 Å². The van der Waals surface area contributed by atoms with E-state index in [1.54, 1.807) is 61.5 Å². The number of fused-ring (bicyclic) bond motifs is 2. The van der Waals surface area contributed by atoms with Crippen LogP contribution in [0, 0.1) is 13.8 Å². The van der Waals surface area contributed by atoms with E-state index in [9.17, 15) is 19.2 Å². The van der Waals surface area contributed by atoms with Crippen molar-refractivity contribution in [3.63, 3.8) is 0 Å². The Kier molecular flexibility index (Phi) is 5.62. The number of esters is 1. The van der Waals surface area contributed by atoms with Crippen LogP contribution in [0.1, 0.15) is 44.1 Å². The number of benzene rings is 2. The highest BCUT2D eigenvalue weighted by atomic mass is 16.5. The maximum atomic E-state index is 13.5. The van der Waals surface area contributed by atoms with Gasteiger partial charge in [-0.1, -0.05) is 18.2 Å². The Bertz CT molecular complexity index is 1410. The second-order valence-corrected chi connectivity index (χ2v) is 8.90. The van der Waals surface area contributed by atoms with Gasteiger partial charge in [-0.25, -0.2) is 9.59 Å². The number of methoxy groups -OCH3 is 1. The van der Waals surface area contributed by atoms with E-state index in [1.165, 1.54) is 7.11 Å². The van der Waals surface area contributed by atoms with Crippen LogP contribution >= 0.6 is 0 Å². The highest BCUT2D eigenvalue weighted by Crippen LogP contribution is 2.41. The van der Waals surface area contributed by atoms with Crippen molar-refractivity contribution in [3.8, 4) is 11.4 Å². The lowest BCUT2D eigenvalue weighted by Gasteiger charge is -2.33. The number of imide groups is 1. The summed E-state index contributed by atoms with van der Waals surface area (Å²) < 4.78 is 12.3. The molecule has 1 aromatic heterocycles. The van der Waals surface area contributed by atoms with Crippen LogP contribution in [0.5, 0.6) is 5.75 Å². The maximum absolute atomic E-state index is 13.5. The van der Waals surface area contributed by atoms with Gasteiger partial charge in [0.1, 0.15) is 5.75 Å². The number of amides is 3. The van der Waals surface area contributed by atoms with Crippen molar-refractivity contribution in [2.75, 3.05) is 20.3 Å². The molecular weight excluding hydrogens is 462 g/mol. The summed E-state index contributed by atoms with van der Waals surface area (Å²) in [7, 11) is 1.32. The minimum absolute atomic E-state index is 0.279. The summed E-state index contributed by atoms with van der Waals surface area (Å²) >= 11 is 0. The molecule has 2 aromatic carbocycles. The van der Waals surface area contributed by atoms with Gasteiger partial charge in [0, 0.05) is 34.6 Å². The second-order valence-electron chi connectivity index (χ2n) is 8.90. The molecule has 1 atom stereocenters. The lowest BCUT2D eigenvalue weighted by molar-refractivity contribution is -0.132. The zero-order valence-corrected chi connectivity index (χ0v) is 20.2. The quantitative estimate of drug-likeness (QED) is 0.336. The van der Waals surface area contributed by atoms with Crippen LogP contribution in [0.15, 0.2) is 54.6 Å². The predicted octanol–water partition coefficient (Wildman–Crippen LogP) is 3.29. The Hall–Kier alpha value is -4.40. The number of nitrogens with zero attached hydrogens (tertiary/aromatic N) is 2. The molecule has 9 nitrogen and oxygen atoms in total. The zero-order chi connectivity index (χ0) is 25.6. The second kappa shape index (κ2) is 8.67. The molecule has 0 aliphatic carbocycles. The summed E-state index contributed by atoms with van der Waals surface area (Å²) in [6.07, 6.45) is 0.287. The molecule has 2 aliphatic heterocycles. The molecule has 1 saturated heterocycles. The van der Waals surface area contributed by atoms with Gasteiger partial charge in [0.05, 0.1) is 25.8 Å². The fourth-order valence-corrected chi connectivity index (χ4v) is 5.05. The number of nitrogens with one attached hydrogen (secondary N) is 1. The van der Waals surface area contributed by atoms with Gasteiger partial charge in [-0.15, -0.1) is 0 Å². The van der Waals surface area contributed by atoms with Gasteiger partial charge in [-0.3, -0.25) is 14.5 Å². The molecule has 2 aliphatic rings. The molecule has 5 rings (SSSR count). The van der Waals surface area contributed by atoms with E-state index in [2.05, 4.69) is 5.32 Å². The molecule has 0 bridgehead atoms. The van der Waals surface area contributed by atoms with E-state index in [0.717, 1.165) is 16.3 Å². The maximum Gasteiger partial charge on any atom is 0.337 e. The van der Waals surface area contributed by atoms with Crippen molar-refractivity contribution in [2.45, 2.75) is 25.8 Å². The van der Waals surface area contributed by atoms with Crippen molar-refractivity contribution in [1.82, 2.24) is 14.8 Å². The molecule has 9 heteroatoms. The Morgan fingerprint density at radius 1 is 1.08 bits per heavy atom. The number of para-hydroxylation sites is 1. The highest BCUT2D eigenvalue weighted by Gasteiger charge is 2.55. The Morgan fingerprint density at radius 3 is 2.53 bits per heavy atom. The SMILES string of the molecule is COC(=O)c1ccc(-n2c(C)cc(C(=O)CN3C(=O)NC4(CCOc5ccccc54)C3=O)c2C)cc1. The van der Waals surface area contributed by atoms with Crippen LogP contribution in [0.4, 0.5) is 4.79 Å². The molecule has 0 saturated carbocycles. The topological polar surface area (TPSA) is 107 Å². The highest BCUT2D eigenvalue weighted by molar-refractivity contribution is 6.12. The van der Waals surface area contributed by atoms with Crippen molar-refractivity contribution in [2.24, 2.45) is 0 Å².